The lowest BCUT2D eigenvalue weighted by Gasteiger charge is -2.18. The number of fused-ring (bicyclic) bond motifs is 1. The second-order valence-electron chi connectivity index (χ2n) is 9.31. The molecule has 190 valence electrons. The molecule has 4 aromatic rings. The Balaban J connectivity index is 1.40. The highest BCUT2D eigenvalue weighted by molar-refractivity contribution is 5.98. The third kappa shape index (κ3) is 6.80. The number of esters is 1. The van der Waals surface area contributed by atoms with Crippen LogP contribution in [0.2, 0.25) is 0 Å². The number of nitrogens with one attached hydrogen (secondary N) is 2. The predicted molar refractivity (Wildman–Crippen MR) is 148 cm³/mol. The summed E-state index contributed by atoms with van der Waals surface area (Å²) in [5.41, 5.74) is 5.27. The number of nitrogens with zero attached hydrogens (tertiary/aromatic N) is 1. The van der Waals surface area contributed by atoms with Crippen LogP contribution in [0.25, 0.3) is 10.8 Å². The van der Waals surface area contributed by atoms with Crippen molar-refractivity contribution < 1.29 is 14.3 Å². The molecule has 1 heterocycles. The van der Waals surface area contributed by atoms with Crippen LogP contribution in [0.1, 0.15) is 51.9 Å². The summed E-state index contributed by atoms with van der Waals surface area (Å²) in [7, 11) is 1.83. The van der Waals surface area contributed by atoms with Crippen molar-refractivity contribution in [2.75, 3.05) is 18.9 Å². The molecule has 0 aliphatic carbocycles. The third-order valence-electron chi connectivity index (χ3n) is 6.30. The molecule has 1 amide bonds. The number of carbonyl (C=O) groups excluding carboxylic acids is 2. The number of carbonyl (C=O) groups is 2. The van der Waals surface area contributed by atoms with E-state index in [0.717, 1.165) is 51.6 Å². The summed E-state index contributed by atoms with van der Waals surface area (Å²) in [6.45, 7) is 4.77. The molecule has 0 saturated heterocycles. The topological polar surface area (TPSA) is 80.3 Å². The lowest BCUT2D eigenvalue weighted by molar-refractivity contribution is -0.117. The first-order chi connectivity index (χ1) is 18.0. The van der Waals surface area contributed by atoms with Gasteiger partial charge < -0.3 is 15.4 Å². The van der Waals surface area contributed by atoms with Crippen LogP contribution in [0, 0.1) is 6.92 Å². The van der Waals surface area contributed by atoms with E-state index in [0.29, 0.717) is 12.1 Å². The zero-order valence-corrected chi connectivity index (χ0v) is 21.6. The molecule has 0 aliphatic heterocycles. The molecule has 3 aromatic carbocycles. The average Bonchev–Trinajstić information content (AvgIpc) is 2.90. The number of pyridine rings is 1. The van der Waals surface area contributed by atoms with E-state index in [1.807, 2.05) is 74.6 Å². The normalized spacial score (nSPS) is 11.8. The maximum Gasteiger partial charge on any atom is 0.338 e. The van der Waals surface area contributed by atoms with Crippen molar-refractivity contribution in [2.24, 2.45) is 0 Å². The molecule has 6 nitrogen and oxygen atoms in total. The van der Waals surface area contributed by atoms with Gasteiger partial charge in [0.05, 0.1) is 11.5 Å². The number of ether oxygens (including phenoxy) is 1. The molecule has 0 radical (unpaired) electrons. The minimum Gasteiger partial charge on any atom is -0.457 e. The van der Waals surface area contributed by atoms with Crippen LogP contribution in [0.3, 0.4) is 0 Å². The summed E-state index contributed by atoms with van der Waals surface area (Å²) in [4.78, 5) is 29.9. The van der Waals surface area contributed by atoms with Gasteiger partial charge >= 0.3 is 5.97 Å². The van der Waals surface area contributed by atoms with E-state index in [1.165, 1.54) is 0 Å². The number of benzene rings is 3. The molecule has 37 heavy (non-hydrogen) atoms. The number of aryl methyl sites for hydroxylation is 2. The van der Waals surface area contributed by atoms with Crippen molar-refractivity contribution in [2.45, 2.75) is 39.2 Å². The van der Waals surface area contributed by atoms with Crippen molar-refractivity contribution in [1.82, 2.24) is 10.3 Å². The van der Waals surface area contributed by atoms with E-state index in [2.05, 4.69) is 28.6 Å². The molecule has 0 aliphatic rings. The van der Waals surface area contributed by atoms with Crippen LogP contribution < -0.4 is 10.6 Å². The number of amides is 1. The highest BCUT2D eigenvalue weighted by Crippen LogP contribution is 2.22. The Bertz CT molecular complexity index is 1380. The number of hydrogen-bond acceptors (Lipinski definition) is 5. The fourth-order valence-electron chi connectivity index (χ4n) is 4.45. The van der Waals surface area contributed by atoms with Crippen LogP contribution in [-0.2, 0) is 22.6 Å². The van der Waals surface area contributed by atoms with Gasteiger partial charge in [0.2, 0.25) is 5.91 Å². The number of anilines is 1. The number of aromatic nitrogens is 1. The lowest BCUT2D eigenvalue weighted by atomic mass is 9.96. The van der Waals surface area contributed by atoms with Gasteiger partial charge in [-0.15, -0.1) is 0 Å². The Kier molecular flexibility index (Phi) is 8.64. The summed E-state index contributed by atoms with van der Waals surface area (Å²) in [6.07, 6.45) is 5.50. The van der Waals surface area contributed by atoms with E-state index < -0.39 is 0 Å². The van der Waals surface area contributed by atoms with E-state index in [-0.39, 0.29) is 24.4 Å². The molecule has 0 spiro atoms. The highest BCUT2D eigenvalue weighted by atomic mass is 16.5. The Morgan fingerprint density at radius 2 is 1.76 bits per heavy atom. The van der Waals surface area contributed by atoms with E-state index in [9.17, 15) is 9.59 Å². The van der Waals surface area contributed by atoms with Crippen LogP contribution in [0.15, 0.2) is 79.1 Å². The zero-order valence-electron chi connectivity index (χ0n) is 21.6. The zero-order chi connectivity index (χ0) is 26.2. The summed E-state index contributed by atoms with van der Waals surface area (Å²) in [5, 5.41) is 8.19. The van der Waals surface area contributed by atoms with Crippen LogP contribution in [-0.4, -0.2) is 30.5 Å². The minimum absolute atomic E-state index is 0.0933. The second kappa shape index (κ2) is 12.3. The second-order valence-corrected chi connectivity index (χ2v) is 9.31. The Morgan fingerprint density at radius 3 is 2.51 bits per heavy atom. The van der Waals surface area contributed by atoms with Gasteiger partial charge in [-0.05, 0) is 72.8 Å². The van der Waals surface area contributed by atoms with E-state index in [4.69, 9.17) is 4.74 Å². The molecule has 4 rings (SSSR count). The standard InChI is InChI=1S/C31H33N3O3/c1-4-5-23-14-21(2)15-27(16-23)31(36)37-20-22-6-8-24(9-7-22)29(19-32-3)30(35)34-28-11-10-26-18-33-13-12-25(26)17-28/h6-18,29,32H,4-5,19-20H2,1-3H3,(H,34,35). The van der Waals surface area contributed by atoms with Crippen molar-refractivity contribution in [1.29, 1.82) is 0 Å². The molecule has 1 aromatic heterocycles. The molecule has 1 unspecified atom stereocenters. The number of likely N-dealkylation sites (N-methyl/N-ethyl adjacent to an activating group) is 1. The molecule has 6 heteroatoms. The molecule has 0 bridgehead atoms. The summed E-state index contributed by atoms with van der Waals surface area (Å²) in [6, 6.07) is 21.2. The number of hydrogen-bond donors (Lipinski definition) is 2. The van der Waals surface area contributed by atoms with Gasteiger partial charge in [-0.25, -0.2) is 4.79 Å². The van der Waals surface area contributed by atoms with Gasteiger partial charge in [-0.1, -0.05) is 55.3 Å². The minimum atomic E-state index is -0.376. The SMILES string of the molecule is CCCc1cc(C)cc(C(=O)OCc2ccc(C(CNC)C(=O)Nc3ccc4cnccc4c3)cc2)c1. The first-order valence-corrected chi connectivity index (χ1v) is 12.6. The summed E-state index contributed by atoms with van der Waals surface area (Å²) in [5.74, 6) is -0.799. The molecule has 0 saturated carbocycles. The van der Waals surface area contributed by atoms with Gasteiger partial charge in [0, 0.05) is 30.0 Å². The lowest BCUT2D eigenvalue weighted by Crippen LogP contribution is -2.29. The monoisotopic (exact) mass is 495 g/mol. The van der Waals surface area contributed by atoms with E-state index >= 15 is 0 Å². The Morgan fingerprint density at radius 1 is 0.946 bits per heavy atom. The maximum absolute atomic E-state index is 13.2. The highest BCUT2D eigenvalue weighted by Gasteiger charge is 2.20. The van der Waals surface area contributed by atoms with E-state index in [1.54, 1.807) is 12.4 Å². The van der Waals surface area contributed by atoms with Gasteiger partial charge in [0.15, 0.2) is 0 Å². The Hall–Kier alpha value is -4.03. The predicted octanol–water partition coefficient (Wildman–Crippen LogP) is 5.79. The van der Waals surface area contributed by atoms with Gasteiger partial charge in [0.1, 0.15) is 6.61 Å². The van der Waals surface area contributed by atoms with Crippen molar-refractivity contribution in [3.63, 3.8) is 0 Å². The van der Waals surface area contributed by atoms with Crippen molar-refractivity contribution >= 4 is 28.3 Å². The molecule has 1 atom stereocenters. The Labute approximate surface area is 218 Å². The first kappa shape index (κ1) is 26.0. The fraction of sp³-hybridized carbons (Fsp3) is 0.258. The van der Waals surface area contributed by atoms with Crippen LogP contribution in [0.5, 0.6) is 0 Å². The summed E-state index contributed by atoms with van der Waals surface area (Å²) < 4.78 is 5.58. The van der Waals surface area contributed by atoms with Crippen LogP contribution in [0.4, 0.5) is 5.69 Å². The third-order valence-corrected chi connectivity index (χ3v) is 6.30. The van der Waals surface area contributed by atoms with Gasteiger partial charge in [-0.3, -0.25) is 9.78 Å². The quantitative estimate of drug-likeness (QED) is 0.272. The van der Waals surface area contributed by atoms with Crippen molar-refractivity contribution in [3.05, 3.63) is 107 Å². The summed E-state index contributed by atoms with van der Waals surface area (Å²) >= 11 is 0. The smallest absolute Gasteiger partial charge is 0.338 e. The van der Waals surface area contributed by atoms with Crippen molar-refractivity contribution in [3.8, 4) is 0 Å². The first-order valence-electron chi connectivity index (χ1n) is 12.6. The number of rotatable bonds is 10. The molecular formula is C31H33N3O3. The molecular weight excluding hydrogens is 462 g/mol. The molecule has 0 fully saturated rings. The largest absolute Gasteiger partial charge is 0.457 e. The van der Waals surface area contributed by atoms with Gasteiger partial charge in [-0.2, -0.15) is 0 Å². The average molecular weight is 496 g/mol. The van der Waals surface area contributed by atoms with Gasteiger partial charge in [0.25, 0.3) is 0 Å². The molecule has 2 N–H and O–H groups in total. The maximum atomic E-state index is 13.2. The van der Waals surface area contributed by atoms with Crippen LogP contribution >= 0.6 is 0 Å². The fourth-order valence-corrected chi connectivity index (χ4v) is 4.45.